The van der Waals surface area contributed by atoms with Gasteiger partial charge in [0.15, 0.2) is 0 Å². The lowest BCUT2D eigenvalue weighted by Crippen LogP contribution is -2.08. The molecule has 2 aromatic carbocycles. The molecule has 0 amide bonds. The van der Waals surface area contributed by atoms with Gasteiger partial charge in [-0.3, -0.25) is 0 Å². The molecule has 0 fully saturated rings. The van der Waals surface area contributed by atoms with E-state index in [0.717, 1.165) is 33.0 Å². The molecule has 2 nitrogen and oxygen atoms in total. The highest BCUT2D eigenvalue weighted by Gasteiger charge is 2.19. The van der Waals surface area contributed by atoms with Gasteiger partial charge in [-0.15, -0.1) is 0 Å². The zero-order chi connectivity index (χ0) is 12.3. The minimum absolute atomic E-state index is 0.548. The second kappa shape index (κ2) is 3.05. The molecule has 0 saturated heterocycles. The number of nitrogens with one attached hydrogen (secondary N) is 2. The van der Waals surface area contributed by atoms with Crippen molar-refractivity contribution in [2.75, 3.05) is 0 Å². The van der Waals surface area contributed by atoms with Crippen molar-refractivity contribution < 1.29 is 0 Å². The van der Waals surface area contributed by atoms with Crippen LogP contribution in [0.25, 0.3) is 22.9 Å². The average Bonchev–Trinajstić information content (AvgIpc) is 2.40. The summed E-state index contributed by atoms with van der Waals surface area (Å²) < 4.78 is 0. The van der Waals surface area contributed by atoms with Gasteiger partial charge >= 0.3 is 0 Å². The van der Waals surface area contributed by atoms with E-state index in [-0.39, 0.29) is 0 Å². The summed E-state index contributed by atoms with van der Waals surface area (Å²) in [6.45, 7) is 0. The van der Waals surface area contributed by atoms with Gasteiger partial charge < -0.3 is 10.8 Å². The van der Waals surface area contributed by atoms with E-state index < -0.39 is 0 Å². The average molecular weight is 230 g/mol. The summed E-state index contributed by atoms with van der Waals surface area (Å²) in [7, 11) is 0. The molecule has 0 heterocycles. The van der Waals surface area contributed by atoms with Gasteiger partial charge in [0.2, 0.25) is 0 Å². The fourth-order valence-electron chi connectivity index (χ4n) is 2.80. The number of benzene rings is 2. The van der Waals surface area contributed by atoms with E-state index in [1.54, 1.807) is 0 Å². The normalized spacial score (nSPS) is 15.6. The minimum Gasteiger partial charge on any atom is -0.300 e. The third-order valence-corrected chi connectivity index (χ3v) is 3.66. The molecule has 0 bridgehead atoms. The number of hydrogen-bond donors (Lipinski definition) is 2. The number of hydrogen-bond acceptors (Lipinski definition) is 2. The van der Waals surface area contributed by atoms with Crippen molar-refractivity contribution >= 4 is 34.3 Å². The molecule has 0 aromatic heterocycles. The van der Waals surface area contributed by atoms with Crippen molar-refractivity contribution in [3.8, 4) is 0 Å². The zero-order valence-corrected chi connectivity index (χ0v) is 9.62. The zero-order valence-electron chi connectivity index (χ0n) is 9.62. The fraction of sp³-hybridized carbons (Fsp3) is 0. The first kappa shape index (κ1) is 9.54. The Morgan fingerprint density at radius 1 is 0.556 bits per heavy atom. The Morgan fingerprint density at radius 2 is 1.00 bits per heavy atom. The summed E-state index contributed by atoms with van der Waals surface area (Å²) in [4.78, 5) is 0. The van der Waals surface area contributed by atoms with Crippen LogP contribution < -0.4 is 0 Å². The molecule has 0 radical (unpaired) electrons. The highest BCUT2D eigenvalue weighted by atomic mass is 14.4. The van der Waals surface area contributed by atoms with Crippen LogP contribution in [0.2, 0.25) is 0 Å². The van der Waals surface area contributed by atoms with E-state index in [1.165, 1.54) is 0 Å². The molecular weight excluding hydrogens is 220 g/mol. The third-order valence-electron chi connectivity index (χ3n) is 3.66. The largest absolute Gasteiger partial charge is 0.300 e. The second-order valence-corrected chi connectivity index (χ2v) is 4.65. The minimum atomic E-state index is 0.548. The Bertz CT molecular complexity index is 738. The van der Waals surface area contributed by atoms with Crippen LogP contribution in [0.5, 0.6) is 0 Å². The van der Waals surface area contributed by atoms with E-state index in [4.69, 9.17) is 10.8 Å². The molecule has 0 aliphatic heterocycles. The van der Waals surface area contributed by atoms with Crippen LogP contribution in [0.3, 0.4) is 0 Å². The van der Waals surface area contributed by atoms with Gasteiger partial charge in [-0.05, 0) is 34.1 Å². The SMILES string of the molecule is N=C1C=Cc2ccc3c4c(ccc1c24)C=CC3=N. The lowest BCUT2D eigenvalue weighted by atomic mass is 9.84. The van der Waals surface area contributed by atoms with Gasteiger partial charge in [0.05, 0.1) is 11.4 Å². The molecule has 2 aromatic rings. The van der Waals surface area contributed by atoms with Crippen LogP contribution in [0.1, 0.15) is 22.3 Å². The maximum Gasteiger partial charge on any atom is 0.0618 e. The first-order valence-corrected chi connectivity index (χ1v) is 5.89. The van der Waals surface area contributed by atoms with E-state index in [1.807, 2.05) is 48.6 Å². The molecule has 0 saturated carbocycles. The van der Waals surface area contributed by atoms with Gasteiger partial charge in [0.1, 0.15) is 0 Å². The predicted octanol–water partition coefficient (Wildman–Crippen LogP) is 3.63. The summed E-state index contributed by atoms with van der Waals surface area (Å²) in [5, 5.41) is 18.3. The molecule has 0 unspecified atom stereocenters. The third kappa shape index (κ3) is 1.02. The van der Waals surface area contributed by atoms with Crippen LogP contribution in [-0.4, -0.2) is 11.4 Å². The maximum atomic E-state index is 8.01. The lowest BCUT2D eigenvalue weighted by Gasteiger charge is -2.20. The first-order chi connectivity index (χ1) is 8.75. The molecular formula is C16H10N2. The molecule has 4 rings (SSSR count). The van der Waals surface area contributed by atoms with Crippen molar-refractivity contribution in [1.82, 2.24) is 0 Å². The summed E-state index contributed by atoms with van der Waals surface area (Å²) in [5.41, 5.74) is 5.32. The van der Waals surface area contributed by atoms with Crippen molar-refractivity contribution in [3.05, 3.63) is 58.7 Å². The maximum absolute atomic E-state index is 8.01. The molecule has 18 heavy (non-hydrogen) atoms. The molecule has 0 spiro atoms. The van der Waals surface area contributed by atoms with Gasteiger partial charge in [-0.25, -0.2) is 0 Å². The molecule has 2 N–H and O–H groups in total. The van der Waals surface area contributed by atoms with Gasteiger partial charge in [-0.2, -0.15) is 0 Å². The second-order valence-electron chi connectivity index (χ2n) is 4.65. The Morgan fingerprint density at radius 3 is 1.44 bits per heavy atom. The van der Waals surface area contributed by atoms with Gasteiger partial charge in [0.25, 0.3) is 0 Å². The van der Waals surface area contributed by atoms with E-state index in [0.29, 0.717) is 11.4 Å². The number of rotatable bonds is 0. The quantitative estimate of drug-likeness (QED) is 0.694. The standard InChI is InChI=1S/C16H10N2/c17-13-8-4-10-2-6-12-14(18)7-3-9-1-5-11(13)16(10)15(9)12/h1-8,17-18H. The van der Waals surface area contributed by atoms with Gasteiger partial charge in [0, 0.05) is 11.1 Å². The van der Waals surface area contributed by atoms with E-state index in [2.05, 4.69) is 0 Å². The molecule has 2 aliphatic carbocycles. The van der Waals surface area contributed by atoms with Crippen molar-refractivity contribution in [1.29, 1.82) is 10.8 Å². The van der Waals surface area contributed by atoms with Crippen LogP contribution in [0.4, 0.5) is 0 Å². The summed E-state index contributed by atoms with van der Waals surface area (Å²) in [6, 6.07) is 8.11. The van der Waals surface area contributed by atoms with E-state index in [9.17, 15) is 0 Å². The Labute approximate surface area is 104 Å². The summed E-state index contributed by atoms with van der Waals surface area (Å²) in [5.74, 6) is 0. The molecule has 0 atom stereocenters. The topological polar surface area (TPSA) is 47.7 Å². The van der Waals surface area contributed by atoms with Crippen LogP contribution in [0, 0.1) is 10.8 Å². The van der Waals surface area contributed by atoms with Crippen LogP contribution >= 0.6 is 0 Å². The Kier molecular flexibility index (Phi) is 1.61. The number of allylic oxidation sites excluding steroid dienone is 2. The Balaban J connectivity index is 2.31. The monoisotopic (exact) mass is 230 g/mol. The first-order valence-electron chi connectivity index (χ1n) is 5.89. The Hall–Kier alpha value is -2.48. The smallest absolute Gasteiger partial charge is 0.0618 e. The summed E-state index contributed by atoms with van der Waals surface area (Å²) >= 11 is 0. The van der Waals surface area contributed by atoms with Crippen molar-refractivity contribution in [2.24, 2.45) is 0 Å². The molecule has 84 valence electrons. The van der Waals surface area contributed by atoms with Gasteiger partial charge in [-0.1, -0.05) is 36.4 Å². The van der Waals surface area contributed by atoms with Crippen molar-refractivity contribution in [2.45, 2.75) is 0 Å². The highest BCUT2D eigenvalue weighted by molar-refractivity contribution is 6.28. The fourth-order valence-corrected chi connectivity index (χ4v) is 2.80. The molecule has 2 aliphatic rings. The molecule has 2 heteroatoms. The summed E-state index contributed by atoms with van der Waals surface area (Å²) in [6.07, 6.45) is 7.65. The predicted molar refractivity (Wildman–Crippen MR) is 75.7 cm³/mol. The van der Waals surface area contributed by atoms with E-state index >= 15 is 0 Å². The lowest BCUT2D eigenvalue weighted by molar-refractivity contribution is 1.48. The van der Waals surface area contributed by atoms with Crippen LogP contribution in [-0.2, 0) is 0 Å². The highest BCUT2D eigenvalue weighted by Crippen LogP contribution is 2.35. The van der Waals surface area contributed by atoms with Crippen molar-refractivity contribution in [3.63, 3.8) is 0 Å². The van der Waals surface area contributed by atoms with Crippen LogP contribution in [0.15, 0.2) is 36.4 Å².